The average molecular weight is 267 g/mol. The number of rotatable bonds is 3. The first-order chi connectivity index (χ1) is 9.74. The summed E-state index contributed by atoms with van der Waals surface area (Å²) >= 11 is 0. The molecule has 0 amide bonds. The standard InChI is InChI=1S/C16H14FN3/c1-11(13-7-14(17)10-19-9-13)20-16-4-2-3-12-8-18-6-5-15(12)16/h2-11,20H,1H3. The van der Waals surface area contributed by atoms with Crippen molar-refractivity contribution in [2.45, 2.75) is 13.0 Å². The van der Waals surface area contributed by atoms with Gasteiger partial charge in [-0.2, -0.15) is 0 Å². The summed E-state index contributed by atoms with van der Waals surface area (Å²) in [5.41, 5.74) is 1.82. The number of benzene rings is 1. The van der Waals surface area contributed by atoms with Crippen molar-refractivity contribution in [2.75, 3.05) is 5.32 Å². The molecule has 0 fully saturated rings. The lowest BCUT2D eigenvalue weighted by Crippen LogP contribution is -2.07. The number of nitrogens with zero attached hydrogens (tertiary/aromatic N) is 2. The Kier molecular flexibility index (Phi) is 3.29. The number of halogens is 1. The Morgan fingerprint density at radius 3 is 2.85 bits per heavy atom. The van der Waals surface area contributed by atoms with Crippen molar-refractivity contribution in [3.05, 3.63) is 66.5 Å². The maximum atomic E-state index is 13.2. The van der Waals surface area contributed by atoms with Crippen LogP contribution >= 0.6 is 0 Å². The second-order valence-corrected chi connectivity index (χ2v) is 4.70. The highest BCUT2D eigenvalue weighted by molar-refractivity contribution is 5.93. The van der Waals surface area contributed by atoms with Crippen molar-refractivity contribution < 1.29 is 4.39 Å². The molecule has 0 bridgehead atoms. The van der Waals surface area contributed by atoms with Crippen LogP contribution in [0, 0.1) is 5.82 Å². The first-order valence-corrected chi connectivity index (χ1v) is 6.44. The van der Waals surface area contributed by atoms with Gasteiger partial charge in [-0.05, 0) is 30.7 Å². The van der Waals surface area contributed by atoms with E-state index in [0.717, 1.165) is 22.0 Å². The normalized spacial score (nSPS) is 12.3. The van der Waals surface area contributed by atoms with E-state index < -0.39 is 0 Å². The number of hydrogen-bond acceptors (Lipinski definition) is 3. The monoisotopic (exact) mass is 267 g/mol. The second kappa shape index (κ2) is 5.25. The minimum Gasteiger partial charge on any atom is -0.378 e. The maximum Gasteiger partial charge on any atom is 0.141 e. The largest absolute Gasteiger partial charge is 0.378 e. The summed E-state index contributed by atoms with van der Waals surface area (Å²) in [6.45, 7) is 1.98. The fourth-order valence-corrected chi connectivity index (χ4v) is 2.23. The van der Waals surface area contributed by atoms with Crippen LogP contribution < -0.4 is 5.32 Å². The molecule has 3 rings (SSSR count). The Balaban J connectivity index is 1.93. The molecular formula is C16H14FN3. The number of aromatic nitrogens is 2. The topological polar surface area (TPSA) is 37.8 Å². The van der Waals surface area contributed by atoms with Crippen molar-refractivity contribution in [3.63, 3.8) is 0 Å². The predicted octanol–water partition coefficient (Wildman–Crippen LogP) is 3.94. The van der Waals surface area contributed by atoms with Gasteiger partial charge in [0.15, 0.2) is 0 Å². The molecule has 0 spiro atoms. The predicted molar refractivity (Wildman–Crippen MR) is 78.0 cm³/mol. The Morgan fingerprint density at radius 1 is 1.10 bits per heavy atom. The fourth-order valence-electron chi connectivity index (χ4n) is 2.23. The van der Waals surface area contributed by atoms with Crippen molar-refractivity contribution >= 4 is 16.5 Å². The lowest BCUT2D eigenvalue weighted by atomic mass is 10.1. The van der Waals surface area contributed by atoms with Gasteiger partial charge in [-0.3, -0.25) is 9.97 Å². The smallest absolute Gasteiger partial charge is 0.141 e. The molecule has 0 aliphatic heterocycles. The Labute approximate surface area is 116 Å². The molecule has 0 saturated carbocycles. The SMILES string of the molecule is CC(Nc1cccc2cnccc12)c1cncc(F)c1. The van der Waals surface area contributed by atoms with E-state index in [1.54, 1.807) is 12.4 Å². The van der Waals surface area contributed by atoms with Gasteiger partial charge in [0.25, 0.3) is 0 Å². The molecule has 20 heavy (non-hydrogen) atoms. The lowest BCUT2D eigenvalue weighted by Gasteiger charge is -2.17. The van der Waals surface area contributed by atoms with E-state index >= 15 is 0 Å². The van der Waals surface area contributed by atoms with Crippen LogP contribution in [-0.4, -0.2) is 9.97 Å². The van der Waals surface area contributed by atoms with E-state index in [9.17, 15) is 4.39 Å². The van der Waals surface area contributed by atoms with Gasteiger partial charge < -0.3 is 5.32 Å². The molecule has 1 atom stereocenters. The number of hydrogen-bond donors (Lipinski definition) is 1. The molecule has 100 valence electrons. The highest BCUT2D eigenvalue weighted by atomic mass is 19.1. The first kappa shape index (κ1) is 12.5. The van der Waals surface area contributed by atoms with E-state index in [1.165, 1.54) is 12.3 Å². The number of anilines is 1. The molecule has 0 aliphatic rings. The number of pyridine rings is 2. The van der Waals surface area contributed by atoms with Crippen molar-refractivity contribution in [3.8, 4) is 0 Å². The maximum absolute atomic E-state index is 13.2. The highest BCUT2D eigenvalue weighted by Gasteiger charge is 2.08. The zero-order chi connectivity index (χ0) is 13.9. The third-order valence-electron chi connectivity index (χ3n) is 3.28. The van der Waals surface area contributed by atoms with Gasteiger partial charge in [0.1, 0.15) is 5.82 Å². The first-order valence-electron chi connectivity index (χ1n) is 6.44. The molecule has 2 heterocycles. The third-order valence-corrected chi connectivity index (χ3v) is 3.28. The molecule has 1 aromatic carbocycles. The molecule has 1 unspecified atom stereocenters. The summed E-state index contributed by atoms with van der Waals surface area (Å²) in [7, 11) is 0. The van der Waals surface area contributed by atoms with E-state index in [-0.39, 0.29) is 11.9 Å². The highest BCUT2D eigenvalue weighted by Crippen LogP contribution is 2.26. The van der Waals surface area contributed by atoms with E-state index in [2.05, 4.69) is 15.3 Å². The van der Waals surface area contributed by atoms with Crippen LogP contribution in [0.15, 0.2) is 55.1 Å². The van der Waals surface area contributed by atoms with Gasteiger partial charge in [-0.1, -0.05) is 12.1 Å². The van der Waals surface area contributed by atoms with Crippen LogP contribution in [0.3, 0.4) is 0 Å². The van der Waals surface area contributed by atoms with Gasteiger partial charge in [-0.15, -0.1) is 0 Å². The second-order valence-electron chi connectivity index (χ2n) is 4.70. The zero-order valence-electron chi connectivity index (χ0n) is 11.0. The Hall–Kier alpha value is -2.49. The van der Waals surface area contributed by atoms with Gasteiger partial charge in [-0.25, -0.2) is 4.39 Å². The van der Waals surface area contributed by atoms with E-state index in [4.69, 9.17) is 0 Å². The van der Waals surface area contributed by atoms with Crippen molar-refractivity contribution in [1.29, 1.82) is 0 Å². The summed E-state index contributed by atoms with van der Waals surface area (Å²) < 4.78 is 13.2. The van der Waals surface area contributed by atoms with Crippen molar-refractivity contribution in [2.24, 2.45) is 0 Å². The molecule has 4 heteroatoms. The van der Waals surface area contributed by atoms with Crippen LogP contribution in [0.4, 0.5) is 10.1 Å². The molecule has 2 aromatic heterocycles. The van der Waals surface area contributed by atoms with E-state index in [1.807, 2.05) is 37.4 Å². The molecule has 3 nitrogen and oxygen atoms in total. The molecule has 0 radical (unpaired) electrons. The van der Waals surface area contributed by atoms with Crippen LogP contribution in [0.1, 0.15) is 18.5 Å². The quantitative estimate of drug-likeness (QED) is 0.781. The average Bonchev–Trinajstić information content (AvgIpc) is 2.47. The van der Waals surface area contributed by atoms with Gasteiger partial charge >= 0.3 is 0 Å². The summed E-state index contributed by atoms with van der Waals surface area (Å²) in [5.74, 6) is -0.321. The number of fused-ring (bicyclic) bond motifs is 1. The Bertz CT molecular complexity index is 737. The van der Waals surface area contributed by atoms with Crippen LogP contribution in [-0.2, 0) is 0 Å². The number of nitrogens with one attached hydrogen (secondary N) is 1. The minimum absolute atomic E-state index is 0.0306. The summed E-state index contributed by atoms with van der Waals surface area (Å²) in [4.78, 5) is 8.00. The Morgan fingerprint density at radius 2 is 2.00 bits per heavy atom. The zero-order valence-corrected chi connectivity index (χ0v) is 11.0. The molecular weight excluding hydrogens is 253 g/mol. The minimum atomic E-state index is -0.321. The van der Waals surface area contributed by atoms with Gasteiger partial charge in [0.05, 0.1) is 12.2 Å². The summed E-state index contributed by atoms with van der Waals surface area (Å²) in [6, 6.07) is 9.43. The fraction of sp³-hybridized carbons (Fsp3) is 0.125. The van der Waals surface area contributed by atoms with Crippen LogP contribution in [0.5, 0.6) is 0 Å². The molecule has 1 N–H and O–H groups in total. The lowest BCUT2D eigenvalue weighted by molar-refractivity contribution is 0.616. The van der Waals surface area contributed by atoms with Crippen LogP contribution in [0.25, 0.3) is 10.8 Å². The van der Waals surface area contributed by atoms with Gasteiger partial charge in [0.2, 0.25) is 0 Å². The van der Waals surface area contributed by atoms with Crippen molar-refractivity contribution in [1.82, 2.24) is 9.97 Å². The van der Waals surface area contributed by atoms with Gasteiger partial charge in [0, 0.05) is 35.1 Å². The van der Waals surface area contributed by atoms with E-state index in [0.29, 0.717) is 0 Å². The molecule has 0 saturated heterocycles. The van der Waals surface area contributed by atoms with Crippen LogP contribution in [0.2, 0.25) is 0 Å². The summed E-state index contributed by atoms with van der Waals surface area (Å²) in [6.07, 6.45) is 6.48. The molecule has 3 aromatic rings. The molecule has 0 aliphatic carbocycles. The summed E-state index contributed by atoms with van der Waals surface area (Å²) in [5, 5.41) is 5.56. The third kappa shape index (κ3) is 2.45.